The van der Waals surface area contributed by atoms with Crippen molar-refractivity contribution >= 4 is 11.9 Å². The lowest BCUT2D eigenvalue weighted by molar-refractivity contribution is 0.105. The molecule has 0 saturated heterocycles. The van der Waals surface area contributed by atoms with E-state index in [1.807, 2.05) is 30.4 Å². The highest BCUT2D eigenvalue weighted by atomic mass is 16.1. The Morgan fingerprint density at radius 1 is 1.31 bits per heavy atom. The van der Waals surface area contributed by atoms with Gasteiger partial charge >= 0.3 is 0 Å². The Morgan fingerprint density at radius 2 is 2.15 bits per heavy atom. The Morgan fingerprint density at radius 3 is 2.92 bits per heavy atom. The molecular formula is C12H10O. The van der Waals surface area contributed by atoms with E-state index in [4.69, 9.17) is 0 Å². The molecule has 0 aromatic heterocycles. The largest absolute Gasteiger partial charge is 0.289 e. The van der Waals surface area contributed by atoms with Gasteiger partial charge in [0.1, 0.15) is 0 Å². The van der Waals surface area contributed by atoms with Crippen molar-refractivity contribution in [1.82, 2.24) is 0 Å². The number of hydrogen-bond acceptors (Lipinski definition) is 1. The first-order valence-electron chi connectivity index (χ1n) is 4.27. The van der Waals surface area contributed by atoms with Crippen LogP contribution in [0.5, 0.6) is 0 Å². The van der Waals surface area contributed by atoms with Gasteiger partial charge in [0.2, 0.25) is 0 Å². The molecule has 1 aromatic carbocycles. The van der Waals surface area contributed by atoms with E-state index in [2.05, 4.69) is 6.58 Å². The van der Waals surface area contributed by atoms with Crippen LogP contribution < -0.4 is 0 Å². The van der Waals surface area contributed by atoms with Gasteiger partial charge in [0, 0.05) is 5.56 Å². The van der Waals surface area contributed by atoms with Gasteiger partial charge in [-0.2, -0.15) is 0 Å². The van der Waals surface area contributed by atoms with Crippen LogP contribution in [0.25, 0.3) is 6.08 Å². The van der Waals surface area contributed by atoms with E-state index < -0.39 is 0 Å². The summed E-state index contributed by atoms with van der Waals surface area (Å²) >= 11 is 0. The minimum Gasteiger partial charge on any atom is -0.289 e. The van der Waals surface area contributed by atoms with Crippen LogP contribution in [0.4, 0.5) is 0 Å². The Labute approximate surface area is 77.4 Å². The van der Waals surface area contributed by atoms with Gasteiger partial charge in [0.15, 0.2) is 5.78 Å². The summed E-state index contributed by atoms with van der Waals surface area (Å²) in [7, 11) is 0. The molecule has 0 unspecified atom stereocenters. The summed E-state index contributed by atoms with van der Waals surface area (Å²) < 4.78 is 0. The van der Waals surface area contributed by atoms with Crippen molar-refractivity contribution in [2.45, 2.75) is 6.42 Å². The highest BCUT2D eigenvalue weighted by Crippen LogP contribution is 2.20. The average molecular weight is 170 g/mol. The van der Waals surface area contributed by atoms with Crippen molar-refractivity contribution in [1.29, 1.82) is 0 Å². The number of ketones is 1. The van der Waals surface area contributed by atoms with Crippen LogP contribution in [-0.4, -0.2) is 5.78 Å². The normalized spacial score (nSPS) is 13.1. The van der Waals surface area contributed by atoms with Crippen molar-refractivity contribution < 1.29 is 4.79 Å². The number of carbonyl (C=O) groups excluding carboxylic acids is 1. The van der Waals surface area contributed by atoms with Gasteiger partial charge in [-0.05, 0) is 29.7 Å². The first-order valence-corrected chi connectivity index (χ1v) is 4.27. The molecule has 0 bridgehead atoms. The number of fused-ring (bicyclic) bond motifs is 1. The summed E-state index contributed by atoms with van der Waals surface area (Å²) in [5, 5.41) is 0. The fourth-order valence-corrected chi connectivity index (χ4v) is 1.51. The predicted molar refractivity (Wildman–Crippen MR) is 53.7 cm³/mol. The molecule has 0 fully saturated rings. The second-order valence-electron chi connectivity index (χ2n) is 3.11. The van der Waals surface area contributed by atoms with Crippen LogP contribution in [0.1, 0.15) is 21.5 Å². The predicted octanol–water partition coefficient (Wildman–Crippen LogP) is 2.62. The van der Waals surface area contributed by atoms with Gasteiger partial charge in [0.25, 0.3) is 0 Å². The number of benzene rings is 1. The van der Waals surface area contributed by atoms with Crippen LogP contribution >= 0.6 is 0 Å². The van der Waals surface area contributed by atoms with Gasteiger partial charge in [-0.3, -0.25) is 4.79 Å². The molecule has 0 heterocycles. The summed E-state index contributed by atoms with van der Waals surface area (Å²) in [5.41, 5.74) is 2.99. The van der Waals surface area contributed by atoms with E-state index in [-0.39, 0.29) is 5.78 Å². The summed E-state index contributed by atoms with van der Waals surface area (Å²) in [6, 6.07) is 5.96. The molecule has 0 radical (unpaired) electrons. The van der Waals surface area contributed by atoms with E-state index in [9.17, 15) is 4.79 Å². The monoisotopic (exact) mass is 170 g/mol. The third-order valence-corrected chi connectivity index (χ3v) is 2.18. The molecular weight excluding hydrogens is 160 g/mol. The third kappa shape index (κ3) is 1.33. The summed E-state index contributed by atoms with van der Waals surface area (Å²) in [5.74, 6) is 0.112. The minimum atomic E-state index is 0.112. The van der Waals surface area contributed by atoms with Gasteiger partial charge < -0.3 is 0 Å². The maximum Gasteiger partial charge on any atom is 0.186 e. The van der Waals surface area contributed by atoms with E-state index in [1.165, 1.54) is 0 Å². The number of carbonyl (C=O) groups is 1. The highest BCUT2D eigenvalue weighted by Gasteiger charge is 2.12. The summed E-state index contributed by atoms with van der Waals surface area (Å²) in [6.07, 6.45) is 6.13. The topological polar surface area (TPSA) is 17.1 Å². The zero-order valence-corrected chi connectivity index (χ0v) is 7.29. The quantitative estimate of drug-likeness (QED) is 0.623. The molecule has 2 rings (SSSR count). The second kappa shape index (κ2) is 3.02. The van der Waals surface area contributed by atoms with Crippen LogP contribution in [-0.2, 0) is 6.42 Å². The fraction of sp³-hybridized carbons (Fsp3) is 0.0833. The van der Waals surface area contributed by atoms with Crippen molar-refractivity contribution in [2.75, 3.05) is 0 Å². The molecule has 0 atom stereocenters. The number of allylic oxidation sites excluding steroid dienone is 2. The Balaban J connectivity index is 2.45. The van der Waals surface area contributed by atoms with Gasteiger partial charge in [-0.1, -0.05) is 24.3 Å². The molecule has 13 heavy (non-hydrogen) atoms. The maximum absolute atomic E-state index is 11.3. The van der Waals surface area contributed by atoms with E-state index in [1.54, 1.807) is 6.08 Å². The van der Waals surface area contributed by atoms with Gasteiger partial charge in [-0.15, -0.1) is 6.58 Å². The van der Waals surface area contributed by atoms with Crippen molar-refractivity contribution in [3.8, 4) is 0 Å². The van der Waals surface area contributed by atoms with Gasteiger partial charge in [-0.25, -0.2) is 0 Å². The highest BCUT2D eigenvalue weighted by molar-refractivity contribution is 6.13. The Kier molecular flexibility index (Phi) is 1.85. The molecule has 1 heteroatoms. The van der Waals surface area contributed by atoms with E-state index in [0.717, 1.165) is 23.1 Å². The van der Waals surface area contributed by atoms with E-state index in [0.29, 0.717) is 0 Å². The lowest BCUT2D eigenvalue weighted by Gasteiger charge is -2.00. The molecule has 1 aliphatic rings. The standard InChI is InChI=1S/C12H10O/c1-2-3-9-4-5-10-6-7-12(13)11(10)8-9/h2,4-8H,1,3H2. The Hall–Kier alpha value is -1.63. The zero-order chi connectivity index (χ0) is 9.26. The number of hydrogen-bond donors (Lipinski definition) is 0. The molecule has 0 amide bonds. The lowest BCUT2D eigenvalue weighted by Crippen LogP contribution is -1.93. The lowest BCUT2D eigenvalue weighted by atomic mass is 10.0. The molecule has 1 aromatic rings. The first kappa shape index (κ1) is 7.99. The van der Waals surface area contributed by atoms with Crippen LogP contribution in [0.2, 0.25) is 0 Å². The molecule has 0 N–H and O–H groups in total. The first-order chi connectivity index (χ1) is 6.31. The average Bonchev–Trinajstić information content (AvgIpc) is 2.49. The Bertz CT molecular complexity index is 400. The maximum atomic E-state index is 11.3. The zero-order valence-electron chi connectivity index (χ0n) is 7.29. The molecule has 0 aliphatic heterocycles. The molecule has 0 saturated carbocycles. The van der Waals surface area contributed by atoms with Crippen molar-refractivity contribution in [3.63, 3.8) is 0 Å². The van der Waals surface area contributed by atoms with Crippen LogP contribution in [0.3, 0.4) is 0 Å². The molecule has 64 valence electrons. The summed E-state index contributed by atoms with van der Waals surface area (Å²) in [6.45, 7) is 3.67. The third-order valence-electron chi connectivity index (χ3n) is 2.18. The van der Waals surface area contributed by atoms with Crippen LogP contribution in [0, 0.1) is 0 Å². The minimum absolute atomic E-state index is 0.112. The summed E-state index contributed by atoms with van der Waals surface area (Å²) in [4.78, 5) is 11.3. The van der Waals surface area contributed by atoms with Crippen LogP contribution in [0.15, 0.2) is 36.9 Å². The van der Waals surface area contributed by atoms with Crippen molar-refractivity contribution in [3.05, 3.63) is 53.6 Å². The van der Waals surface area contributed by atoms with E-state index >= 15 is 0 Å². The fourth-order valence-electron chi connectivity index (χ4n) is 1.51. The van der Waals surface area contributed by atoms with Crippen molar-refractivity contribution in [2.24, 2.45) is 0 Å². The second-order valence-corrected chi connectivity index (χ2v) is 3.11. The smallest absolute Gasteiger partial charge is 0.186 e. The SMILES string of the molecule is C=CCc1ccc2c(c1)C(=O)C=C2. The van der Waals surface area contributed by atoms with Gasteiger partial charge in [0.05, 0.1) is 0 Å². The molecule has 0 spiro atoms. The molecule has 1 nitrogen and oxygen atoms in total. The molecule has 1 aliphatic carbocycles. The number of rotatable bonds is 2.